The molecule has 0 aromatic carbocycles. The van der Waals surface area contributed by atoms with Gasteiger partial charge in [0, 0.05) is 19.7 Å². The summed E-state index contributed by atoms with van der Waals surface area (Å²) in [7, 11) is 3.30. The molecule has 0 aromatic rings. The van der Waals surface area contributed by atoms with Crippen LogP contribution in [0.1, 0.15) is 13.8 Å². The molecule has 0 saturated carbocycles. The van der Waals surface area contributed by atoms with E-state index in [2.05, 4.69) is 5.32 Å². The highest BCUT2D eigenvalue weighted by Gasteiger charge is 2.23. The summed E-state index contributed by atoms with van der Waals surface area (Å²) in [6, 6.07) is -0.194. The summed E-state index contributed by atoms with van der Waals surface area (Å²) >= 11 is 0. The molecule has 6 heteroatoms. The highest BCUT2D eigenvalue weighted by Crippen LogP contribution is 2.08. The van der Waals surface area contributed by atoms with Crippen molar-refractivity contribution in [3.05, 3.63) is 0 Å². The maximum Gasteiger partial charge on any atom is 0.307 e. The summed E-state index contributed by atoms with van der Waals surface area (Å²) in [5, 5.41) is 11.5. The van der Waals surface area contributed by atoms with Crippen LogP contribution in [0, 0.1) is 5.92 Å². The van der Waals surface area contributed by atoms with E-state index in [-0.39, 0.29) is 18.5 Å². The number of aliphatic carboxylic acids is 1. The molecule has 1 amide bonds. The molecule has 0 aliphatic rings. The summed E-state index contributed by atoms with van der Waals surface area (Å²) in [5.41, 5.74) is 0. The lowest BCUT2D eigenvalue weighted by Crippen LogP contribution is -2.44. The normalized spacial score (nSPS) is 14.4. The fourth-order valence-electron chi connectivity index (χ4n) is 1.31. The molecule has 0 fully saturated rings. The van der Waals surface area contributed by atoms with Gasteiger partial charge in [0.2, 0.25) is 5.91 Å². The zero-order valence-corrected chi connectivity index (χ0v) is 10.9. The summed E-state index contributed by atoms with van der Waals surface area (Å²) in [6.07, 6.45) is 0. The van der Waals surface area contributed by atoms with Crippen LogP contribution in [0.15, 0.2) is 0 Å². The van der Waals surface area contributed by atoms with Crippen molar-refractivity contribution in [2.75, 3.05) is 33.9 Å². The highest BCUT2D eigenvalue weighted by molar-refractivity contribution is 5.78. The van der Waals surface area contributed by atoms with Crippen LogP contribution in [0.3, 0.4) is 0 Å². The number of ether oxygens (including phenoxy) is 1. The Balaban J connectivity index is 4.02. The fraction of sp³-hybridized carbons (Fsp3) is 0.818. The number of carboxylic acids is 1. The van der Waals surface area contributed by atoms with Crippen molar-refractivity contribution < 1.29 is 19.4 Å². The maximum atomic E-state index is 11.5. The smallest absolute Gasteiger partial charge is 0.307 e. The third-order valence-electron chi connectivity index (χ3n) is 2.83. The van der Waals surface area contributed by atoms with Crippen LogP contribution >= 0.6 is 0 Å². The Morgan fingerprint density at radius 2 is 2.00 bits per heavy atom. The molecule has 6 nitrogen and oxygen atoms in total. The van der Waals surface area contributed by atoms with Crippen LogP contribution in [0.25, 0.3) is 0 Å². The van der Waals surface area contributed by atoms with Crippen molar-refractivity contribution in [3.8, 4) is 0 Å². The Morgan fingerprint density at radius 3 is 2.47 bits per heavy atom. The number of nitrogens with zero attached hydrogens (tertiary/aromatic N) is 1. The zero-order valence-electron chi connectivity index (χ0n) is 10.9. The van der Waals surface area contributed by atoms with Crippen LogP contribution in [0.5, 0.6) is 0 Å². The van der Waals surface area contributed by atoms with Crippen molar-refractivity contribution in [3.63, 3.8) is 0 Å². The van der Waals surface area contributed by atoms with Crippen molar-refractivity contribution in [1.29, 1.82) is 0 Å². The lowest BCUT2D eigenvalue weighted by molar-refractivity contribution is -0.143. The van der Waals surface area contributed by atoms with E-state index in [1.165, 1.54) is 0 Å². The van der Waals surface area contributed by atoms with Crippen molar-refractivity contribution in [2.45, 2.75) is 19.9 Å². The van der Waals surface area contributed by atoms with Crippen LogP contribution in [0.4, 0.5) is 0 Å². The van der Waals surface area contributed by atoms with Gasteiger partial charge in [-0.1, -0.05) is 6.92 Å². The molecule has 0 aliphatic heterocycles. The van der Waals surface area contributed by atoms with E-state index in [1.54, 1.807) is 32.9 Å². The first-order chi connectivity index (χ1) is 7.90. The fourth-order valence-corrected chi connectivity index (χ4v) is 1.31. The largest absolute Gasteiger partial charge is 0.481 e. The number of hydrogen-bond acceptors (Lipinski definition) is 4. The molecule has 17 heavy (non-hydrogen) atoms. The Kier molecular flexibility index (Phi) is 7.49. The molecule has 0 saturated heterocycles. The van der Waals surface area contributed by atoms with Gasteiger partial charge in [0.05, 0.1) is 19.1 Å². The number of carbonyl (C=O) groups is 2. The standard InChI is InChI=1S/C11H22N2O4/c1-8(11(15)16)9(2)13(3)7-10(14)12-5-6-17-4/h8-9H,5-7H2,1-4H3,(H,12,14)(H,15,16). The van der Waals surface area contributed by atoms with Crippen LogP contribution in [0.2, 0.25) is 0 Å². The van der Waals surface area contributed by atoms with Gasteiger partial charge in [0.15, 0.2) is 0 Å². The minimum Gasteiger partial charge on any atom is -0.481 e. The average molecular weight is 246 g/mol. The second-order valence-corrected chi connectivity index (χ2v) is 4.13. The lowest BCUT2D eigenvalue weighted by atomic mass is 10.0. The first-order valence-corrected chi connectivity index (χ1v) is 5.58. The van der Waals surface area contributed by atoms with Crippen LogP contribution in [-0.4, -0.2) is 61.8 Å². The molecule has 0 aromatic heterocycles. The second kappa shape index (κ2) is 8.03. The van der Waals surface area contributed by atoms with Gasteiger partial charge in [-0.05, 0) is 14.0 Å². The van der Waals surface area contributed by atoms with Gasteiger partial charge >= 0.3 is 5.97 Å². The van der Waals surface area contributed by atoms with E-state index in [9.17, 15) is 9.59 Å². The van der Waals surface area contributed by atoms with Gasteiger partial charge < -0.3 is 15.2 Å². The van der Waals surface area contributed by atoms with Crippen molar-refractivity contribution in [1.82, 2.24) is 10.2 Å². The number of rotatable bonds is 8. The van der Waals surface area contributed by atoms with Crippen molar-refractivity contribution >= 4 is 11.9 Å². The summed E-state index contributed by atoms with van der Waals surface area (Å²) in [4.78, 5) is 24.0. The minimum absolute atomic E-state index is 0.131. The molecule has 0 spiro atoms. The Labute approximate surface area is 102 Å². The highest BCUT2D eigenvalue weighted by atomic mass is 16.5. The van der Waals surface area contributed by atoms with E-state index in [1.807, 2.05) is 0 Å². The van der Waals surface area contributed by atoms with Gasteiger partial charge in [-0.2, -0.15) is 0 Å². The minimum atomic E-state index is -0.857. The predicted octanol–water partition coefficient (Wildman–Crippen LogP) is -0.210. The van der Waals surface area contributed by atoms with Crippen LogP contribution in [-0.2, 0) is 14.3 Å². The molecular formula is C11H22N2O4. The maximum absolute atomic E-state index is 11.5. The molecule has 0 rings (SSSR count). The summed E-state index contributed by atoms with van der Waals surface area (Å²) in [5.74, 6) is -1.50. The molecule has 0 heterocycles. The predicted molar refractivity (Wildman–Crippen MR) is 63.8 cm³/mol. The first kappa shape index (κ1) is 15.9. The van der Waals surface area contributed by atoms with E-state index in [0.29, 0.717) is 13.2 Å². The third kappa shape index (κ3) is 6.23. The Bertz CT molecular complexity index is 258. The van der Waals surface area contributed by atoms with E-state index >= 15 is 0 Å². The molecule has 2 N–H and O–H groups in total. The van der Waals surface area contributed by atoms with Crippen molar-refractivity contribution in [2.24, 2.45) is 5.92 Å². The first-order valence-electron chi connectivity index (χ1n) is 5.58. The summed E-state index contributed by atoms with van der Waals surface area (Å²) < 4.78 is 4.81. The average Bonchev–Trinajstić information content (AvgIpc) is 2.27. The number of hydrogen-bond donors (Lipinski definition) is 2. The third-order valence-corrected chi connectivity index (χ3v) is 2.83. The monoisotopic (exact) mass is 246 g/mol. The van der Waals surface area contributed by atoms with Gasteiger partial charge in [0.25, 0.3) is 0 Å². The van der Waals surface area contributed by atoms with Crippen LogP contribution < -0.4 is 5.32 Å². The number of carbonyl (C=O) groups excluding carboxylic acids is 1. The Morgan fingerprint density at radius 1 is 1.41 bits per heavy atom. The van der Waals surface area contributed by atoms with E-state index in [4.69, 9.17) is 9.84 Å². The number of nitrogens with one attached hydrogen (secondary N) is 1. The quantitative estimate of drug-likeness (QED) is 0.579. The second-order valence-electron chi connectivity index (χ2n) is 4.13. The van der Waals surface area contributed by atoms with E-state index < -0.39 is 11.9 Å². The van der Waals surface area contributed by atoms with Gasteiger partial charge in [-0.15, -0.1) is 0 Å². The summed E-state index contributed by atoms with van der Waals surface area (Å²) in [6.45, 7) is 4.54. The number of likely N-dealkylation sites (N-methyl/N-ethyl adjacent to an activating group) is 1. The molecule has 100 valence electrons. The van der Waals surface area contributed by atoms with Gasteiger partial charge in [-0.3, -0.25) is 14.5 Å². The molecule has 2 unspecified atom stereocenters. The molecule has 0 bridgehead atoms. The van der Waals surface area contributed by atoms with Gasteiger partial charge in [0.1, 0.15) is 0 Å². The Hall–Kier alpha value is -1.14. The lowest BCUT2D eigenvalue weighted by Gasteiger charge is -2.26. The molecule has 0 radical (unpaired) electrons. The number of carboxylic acid groups (broad SMARTS) is 1. The SMILES string of the molecule is COCCNC(=O)CN(C)C(C)C(C)C(=O)O. The molecule has 0 aliphatic carbocycles. The number of methoxy groups -OCH3 is 1. The van der Waals surface area contributed by atoms with E-state index in [0.717, 1.165) is 0 Å². The zero-order chi connectivity index (χ0) is 13.4. The molecular weight excluding hydrogens is 224 g/mol. The number of amides is 1. The molecule has 2 atom stereocenters. The topological polar surface area (TPSA) is 78.9 Å². The van der Waals surface area contributed by atoms with Gasteiger partial charge in [-0.25, -0.2) is 0 Å².